The molecule has 1 amide bonds. The minimum atomic E-state index is 0.0169. The van der Waals surface area contributed by atoms with E-state index in [1.807, 2.05) is 25.1 Å². The summed E-state index contributed by atoms with van der Waals surface area (Å²) in [5.41, 5.74) is 0.886. The van der Waals surface area contributed by atoms with Gasteiger partial charge in [0.05, 0.1) is 24.3 Å². The monoisotopic (exact) mass is 335 g/mol. The van der Waals surface area contributed by atoms with E-state index in [4.69, 9.17) is 9.47 Å². The number of para-hydroxylation sites is 1. The predicted octanol–water partition coefficient (Wildman–Crippen LogP) is 1.89. The Bertz CT molecular complexity index is 697. The molecule has 0 bridgehead atoms. The molecule has 3 rings (SSSR count). The average molecular weight is 335 g/mol. The number of aromatic nitrogens is 1. The highest BCUT2D eigenvalue weighted by molar-refractivity contribution is 7.22. The van der Waals surface area contributed by atoms with Crippen molar-refractivity contribution in [3.05, 3.63) is 18.2 Å². The number of methoxy groups -OCH3 is 2. The van der Waals surface area contributed by atoms with Gasteiger partial charge in [-0.25, -0.2) is 4.98 Å². The summed E-state index contributed by atoms with van der Waals surface area (Å²) in [4.78, 5) is 18.9. The number of hydrogen-bond acceptors (Lipinski definition) is 6. The van der Waals surface area contributed by atoms with E-state index in [9.17, 15) is 4.79 Å². The molecule has 1 saturated heterocycles. The quantitative estimate of drug-likeness (QED) is 0.873. The van der Waals surface area contributed by atoms with E-state index in [0.29, 0.717) is 19.7 Å². The Labute approximate surface area is 139 Å². The number of carbonyl (C=O) groups is 1. The molecule has 0 saturated carbocycles. The van der Waals surface area contributed by atoms with Crippen molar-refractivity contribution in [1.82, 2.24) is 10.3 Å². The SMILES string of the molecule is COCC(C)NC(=O)C1CN(c2nc3c(OC)cccc3s2)C1. The van der Waals surface area contributed by atoms with Crippen LogP contribution in [0.3, 0.4) is 0 Å². The molecule has 1 aliphatic rings. The molecule has 1 aromatic carbocycles. The Morgan fingerprint density at radius 2 is 2.26 bits per heavy atom. The van der Waals surface area contributed by atoms with Crippen LogP contribution in [0.4, 0.5) is 5.13 Å². The molecule has 0 spiro atoms. The molecule has 0 aliphatic carbocycles. The Balaban J connectivity index is 1.62. The predicted molar refractivity (Wildman–Crippen MR) is 91.4 cm³/mol. The minimum absolute atomic E-state index is 0.0169. The van der Waals surface area contributed by atoms with Gasteiger partial charge in [0.1, 0.15) is 11.3 Å². The second-order valence-electron chi connectivity index (χ2n) is 5.77. The molecule has 1 atom stereocenters. The zero-order valence-electron chi connectivity index (χ0n) is 13.5. The number of nitrogens with one attached hydrogen (secondary N) is 1. The first kappa shape index (κ1) is 16.0. The van der Waals surface area contributed by atoms with Gasteiger partial charge in [-0.1, -0.05) is 17.4 Å². The lowest BCUT2D eigenvalue weighted by Crippen LogP contribution is -2.55. The van der Waals surface area contributed by atoms with Crippen LogP contribution in [0.5, 0.6) is 5.75 Å². The Morgan fingerprint density at radius 3 is 2.96 bits per heavy atom. The van der Waals surface area contributed by atoms with Crippen LogP contribution in [0.2, 0.25) is 0 Å². The third-order valence-electron chi connectivity index (χ3n) is 3.92. The Hall–Kier alpha value is -1.86. The smallest absolute Gasteiger partial charge is 0.226 e. The van der Waals surface area contributed by atoms with Crippen molar-refractivity contribution in [1.29, 1.82) is 0 Å². The number of thiazole rings is 1. The lowest BCUT2D eigenvalue weighted by Gasteiger charge is -2.38. The molecular formula is C16H21N3O3S. The first-order valence-electron chi connectivity index (χ1n) is 7.60. The van der Waals surface area contributed by atoms with Gasteiger partial charge in [-0.05, 0) is 19.1 Å². The number of fused-ring (bicyclic) bond motifs is 1. The first-order valence-corrected chi connectivity index (χ1v) is 8.41. The van der Waals surface area contributed by atoms with E-state index in [1.54, 1.807) is 25.6 Å². The van der Waals surface area contributed by atoms with Crippen LogP contribution in [-0.4, -0.2) is 50.8 Å². The second-order valence-corrected chi connectivity index (χ2v) is 6.78. The minimum Gasteiger partial charge on any atom is -0.494 e. The van der Waals surface area contributed by atoms with E-state index >= 15 is 0 Å². The van der Waals surface area contributed by atoms with E-state index < -0.39 is 0 Å². The molecule has 0 radical (unpaired) electrons. The summed E-state index contributed by atoms with van der Waals surface area (Å²) in [5, 5.41) is 3.92. The molecule has 2 aromatic rings. The van der Waals surface area contributed by atoms with Crippen LogP contribution >= 0.6 is 11.3 Å². The van der Waals surface area contributed by atoms with Crippen molar-refractivity contribution in [2.75, 3.05) is 38.8 Å². The lowest BCUT2D eigenvalue weighted by molar-refractivity contribution is -0.126. The van der Waals surface area contributed by atoms with Crippen molar-refractivity contribution in [2.45, 2.75) is 13.0 Å². The van der Waals surface area contributed by atoms with Crippen LogP contribution in [0.25, 0.3) is 10.2 Å². The number of carbonyl (C=O) groups excluding carboxylic acids is 1. The number of benzene rings is 1. The molecule has 2 heterocycles. The molecular weight excluding hydrogens is 314 g/mol. The van der Waals surface area contributed by atoms with Gasteiger partial charge in [-0.3, -0.25) is 4.79 Å². The van der Waals surface area contributed by atoms with Crippen molar-refractivity contribution in [3.8, 4) is 5.75 Å². The molecule has 124 valence electrons. The average Bonchev–Trinajstić information content (AvgIpc) is 2.88. The van der Waals surface area contributed by atoms with Gasteiger partial charge in [-0.15, -0.1) is 0 Å². The van der Waals surface area contributed by atoms with Crippen molar-refractivity contribution < 1.29 is 14.3 Å². The highest BCUT2D eigenvalue weighted by atomic mass is 32.1. The summed E-state index contributed by atoms with van der Waals surface area (Å²) in [6.07, 6.45) is 0. The maximum Gasteiger partial charge on any atom is 0.226 e. The number of anilines is 1. The molecule has 1 fully saturated rings. The largest absolute Gasteiger partial charge is 0.494 e. The number of hydrogen-bond donors (Lipinski definition) is 1. The number of ether oxygens (including phenoxy) is 2. The van der Waals surface area contributed by atoms with Crippen molar-refractivity contribution >= 4 is 32.6 Å². The molecule has 23 heavy (non-hydrogen) atoms. The third-order valence-corrected chi connectivity index (χ3v) is 5.00. The first-order chi connectivity index (χ1) is 11.1. The summed E-state index contributed by atoms with van der Waals surface area (Å²) in [7, 11) is 3.29. The van der Waals surface area contributed by atoms with Gasteiger partial charge in [0.25, 0.3) is 0 Å². The fourth-order valence-corrected chi connectivity index (χ4v) is 3.67. The summed E-state index contributed by atoms with van der Waals surface area (Å²) >= 11 is 1.63. The molecule has 1 N–H and O–H groups in total. The van der Waals surface area contributed by atoms with E-state index in [-0.39, 0.29) is 17.9 Å². The number of nitrogens with zero attached hydrogens (tertiary/aromatic N) is 2. The molecule has 1 unspecified atom stereocenters. The molecule has 1 aliphatic heterocycles. The summed E-state index contributed by atoms with van der Waals surface area (Å²) < 4.78 is 11.5. The van der Waals surface area contributed by atoms with Crippen LogP contribution < -0.4 is 15.0 Å². The summed E-state index contributed by atoms with van der Waals surface area (Å²) in [6, 6.07) is 5.95. The maximum absolute atomic E-state index is 12.1. The molecule has 6 nitrogen and oxygen atoms in total. The normalized spacial score (nSPS) is 16.2. The molecule has 7 heteroatoms. The lowest BCUT2D eigenvalue weighted by atomic mass is 10.00. The Morgan fingerprint density at radius 1 is 1.48 bits per heavy atom. The van der Waals surface area contributed by atoms with Gasteiger partial charge in [0.2, 0.25) is 5.91 Å². The summed E-state index contributed by atoms with van der Waals surface area (Å²) in [5.74, 6) is 0.890. The second kappa shape index (κ2) is 6.72. The standard InChI is InChI=1S/C16H21N3O3S/c1-10(9-21-2)17-15(20)11-7-19(8-11)16-18-14-12(22-3)5-4-6-13(14)23-16/h4-6,10-11H,7-9H2,1-3H3,(H,17,20). The van der Waals surface area contributed by atoms with Crippen molar-refractivity contribution in [3.63, 3.8) is 0 Å². The van der Waals surface area contributed by atoms with E-state index in [2.05, 4.69) is 15.2 Å². The highest BCUT2D eigenvalue weighted by Gasteiger charge is 2.34. The number of amides is 1. The van der Waals surface area contributed by atoms with Gasteiger partial charge in [-0.2, -0.15) is 0 Å². The number of rotatable bonds is 6. The fourth-order valence-electron chi connectivity index (χ4n) is 2.66. The van der Waals surface area contributed by atoms with Crippen LogP contribution in [-0.2, 0) is 9.53 Å². The summed E-state index contributed by atoms with van der Waals surface area (Å²) in [6.45, 7) is 3.87. The highest BCUT2D eigenvalue weighted by Crippen LogP contribution is 2.36. The van der Waals surface area contributed by atoms with Gasteiger partial charge >= 0.3 is 0 Å². The van der Waals surface area contributed by atoms with Crippen molar-refractivity contribution in [2.24, 2.45) is 5.92 Å². The zero-order chi connectivity index (χ0) is 16.4. The fraction of sp³-hybridized carbons (Fsp3) is 0.500. The molecule has 1 aromatic heterocycles. The van der Waals surface area contributed by atoms with Gasteiger partial charge in [0.15, 0.2) is 5.13 Å². The zero-order valence-corrected chi connectivity index (χ0v) is 14.4. The van der Waals surface area contributed by atoms with Gasteiger partial charge in [0, 0.05) is 26.2 Å². The Kier molecular flexibility index (Phi) is 4.68. The topological polar surface area (TPSA) is 63.7 Å². The van der Waals surface area contributed by atoms with Crippen LogP contribution in [0.15, 0.2) is 18.2 Å². The van der Waals surface area contributed by atoms with Crippen LogP contribution in [0.1, 0.15) is 6.92 Å². The van der Waals surface area contributed by atoms with Gasteiger partial charge < -0.3 is 19.7 Å². The van der Waals surface area contributed by atoms with E-state index in [0.717, 1.165) is 21.1 Å². The van der Waals surface area contributed by atoms with E-state index in [1.165, 1.54) is 0 Å². The van der Waals surface area contributed by atoms with Crippen LogP contribution in [0, 0.1) is 5.92 Å². The maximum atomic E-state index is 12.1. The third kappa shape index (κ3) is 3.25.